The van der Waals surface area contributed by atoms with Crippen LogP contribution in [0.3, 0.4) is 0 Å². The van der Waals surface area contributed by atoms with E-state index in [1.165, 1.54) is 38.3 Å². The van der Waals surface area contributed by atoms with Gasteiger partial charge < -0.3 is 14.8 Å². The number of nitrogens with one attached hydrogen (secondary N) is 2. The zero-order valence-electron chi connectivity index (χ0n) is 15.7. The molecule has 0 radical (unpaired) electrons. The maximum absolute atomic E-state index is 12.2. The van der Waals surface area contributed by atoms with E-state index < -0.39 is 40.5 Å². The lowest BCUT2D eigenvalue weighted by Gasteiger charge is -2.14. The van der Waals surface area contributed by atoms with Gasteiger partial charge in [0.05, 0.1) is 17.6 Å². The molecule has 9 nitrogen and oxygen atoms in total. The standard InChI is InChI=1S/C19H20N2O7S/c1-13(21-29(25,26)16-9-4-3-5-10-16)18(23)28-12-17(22)20-15-8-6-7-14(11-15)19(24)27-2/h3-11,13,21H,12H2,1-2H3,(H,20,22). The van der Waals surface area contributed by atoms with Gasteiger partial charge in [-0.15, -0.1) is 0 Å². The molecule has 2 aromatic carbocycles. The zero-order chi connectivity index (χ0) is 21.4. The average molecular weight is 420 g/mol. The molecule has 0 bridgehead atoms. The summed E-state index contributed by atoms with van der Waals surface area (Å²) in [6.45, 7) is 0.680. The third kappa shape index (κ3) is 6.40. The van der Waals surface area contributed by atoms with E-state index in [2.05, 4.69) is 14.8 Å². The number of sulfonamides is 1. The first kappa shape index (κ1) is 22.1. The molecule has 154 valence electrons. The maximum Gasteiger partial charge on any atom is 0.337 e. The zero-order valence-corrected chi connectivity index (χ0v) is 16.6. The van der Waals surface area contributed by atoms with E-state index in [0.29, 0.717) is 5.69 Å². The number of esters is 2. The number of hydrogen-bond donors (Lipinski definition) is 2. The van der Waals surface area contributed by atoms with Crippen molar-refractivity contribution in [3.63, 3.8) is 0 Å². The van der Waals surface area contributed by atoms with Crippen molar-refractivity contribution in [2.75, 3.05) is 19.0 Å². The topological polar surface area (TPSA) is 128 Å². The summed E-state index contributed by atoms with van der Waals surface area (Å²) in [5, 5.41) is 2.47. The number of hydrogen-bond acceptors (Lipinski definition) is 7. The molecule has 1 unspecified atom stereocenters. The van der Waals surface area contributed by atoms with Crippen LogP contribution in [0.25, 0.3) is 0 Å². The number of carbonyl (C=O) groups is 3. The van der Waals surface area contributed by atoms with Crippen LogP contribution < -0.4 is 10.0 Å². The summed E-state index contributed by atoms with van der Waals surface area (Å²) < 4.78 is 36.0. The predicted molar refractivity (Wildman–Crippen MR) is 104 cm³/mol. The molecule has 10 heteroatoms. The number of carbonyl (C=O) groups excluding carboxylic acids is 3. The first-order valence-electron chi connectivity index (χ1n) is 8.45. The van der Waals surface area contributed by atoms with Gasteiger partial charge in [-0.05, 0) is 37.3 Å². The number of methoxy groups -OCH3 is 1. The quantitative estimate of drug-likeness (QED) is 0.617. The van der Waals surface area contributed by atoms with Gasteiger partial charge in [0, 0.05) is 5.69 Å². The Morgan fingerprint density at radius 3 is 2.38 bits per heavy atom. The molecule has 29 heavy (non-hydrogen) atoms. The molecular weight excluding hydrogens is 400 g/mol. The second kappa shape index (κ2) is 9.80. The molecule has 0 aliphatic heterocycles. The van der Waals surface area contributed by atoms with Crippen molar-refractivity contribution in [3.8, 4) is 0 Å². The second-order valence-corrected chi connectivity index (χ2v) is 7.60. The van der Waals surface area contributed by atoms with E-state index in [1.54, 1.807) is 30.3 Å². The highest BCUT2D eigenvalue weighted by Gasteiger charge is 2.23. The van der Waals surface area contributed by atoms with Crippen LogP contribution in [0.1, 0.15) is 17.3 Å². The number of ether oxygens (including phenoxy) is 2. The number of rotatable bonds is 8. The Bertz CT molecular complexity index is 991. The van der Waals surface area contributed by atoms with Gasteiger partial charge in [-0.25, -0.2) is 13.2 Å². The van der Waals surface area contributed by atoms with Crippen LogP contribution in [-0.2, 0) is 29.1 Å². The first-order chi connectivity index (χ1) is 13.7. The van der Waals surface area contributed by atoms with Gasteiger partial charge in [-0.2, -0.15) is 4.72 Å². The molecule has 2 N–H and O–H groups in total. The SMILES string of the molecule is COC(=O)c1cccc(NC(=O)COC(=O)C(C)NS(=O)(=O)c2ccccc2)c1. The van der Waals surface area contributed by atoms with Crippen molar-refractivity contribution in [1.29, 1.82) is 0 Å². The van der Waals surface area contributed by atoms with Gasteiger partial charge in [-0.1, -0.05) is 24.3 Å². The highest BCUT2D eigenvalue weighted by atomic mass is 32.2. The number of amides is 1. The Morgan fingerprint density at radius 2 is 1.72 bits per heavy atom. The minimum absolute atomic E-state index is 0.00267. The smallest absolute Gasteiger partial charge is 0.337 e. The third-order valence-electron chi connectivity index (χ3n) is 3.65. The highest BCUT2D eigenvalue weighted by Crippen LogP contribution is 2.12. The average Bonchev–Trinajstić information content (AvgIpc) is 2.71. The van der Waals surface area contributed by atoms with Gasteiger partial charge in [0.15, 0.2) is 6.61 Å². The fraction of sp³-hybridized carbons (Fsp3) is 0.211. The fourth-order valence-electron chi connectivity index (χ4n) is 2.25. The Kier molecular flexibility index (Phi) is 7.46. The second-order valence-electron chi connectivity index (χ2n) is 5.88. The Hall–Kier alpha value is -3.24. The molecule has 0 heterocycles. The Morgan fingerprint density at radius 1 is 1.03 bits per heavy atom. The molecule has 1 atom stereocenters. The number of anilines is 1. The van der Waals surface area contributed by atoms with Crippen LogP contribution in [-0.4, -0.2) is 46.0 Å². The summed E-state index contributed by atoms with van der Waals surface area (Å²) in [5.74, 6) is -2.13. The molecular formula is C19H20N2O7S. The monoisotopic (exact) mass is 420 g/mol. The van der Waals surface area contributed by atoms with Crippen molar-refractivity contribution in [2.24, 2.45) is 0 Å². The van der Waals surface area contributed by atoms with Gasteiger partial charge >= 0.3 is 11.9 Å². The largest absolute Gasteiger partial charge is 0.465 e. The van der Waals surface area contributed by atoms with E-state index in [1.807, 2.05) is 0 Å². The van der Waals surface area contributed by atoms with Crippen LogP contribution in [0.4, 0.5) is 5.69 Å². The van der Waals surface area contributed by atoms with Crippen LogP contribution in [0.15, 0.2) is 59.5 Å². The molecule has 2 aromatic rings. The van der Waals surface area contributed by atoms with Crippen molar-refractivity contribution in [3.05, 3.63) is 60.2 Å². The third-order valence-corrected chi connectivity index (χ3v) is 5.21. The molecule has 0 saturated heterocycles. The lowest BCUT2D eigenvalue weighted by Crippen LogP contribution is -2.40. The summed E-state index contributed by atoms with van der Waals surface area (Å²) in [4.78, 5) is 35.5. The number of benzene rings is 2. The molecule has 0 spiro atoms. The van der Waals surface area contributed by atoms with E-state index in [-0.39, 0.29) is 10.5 Å². The lowest BCUT2D eigenvalue weighted by atomic mass is 10.2. The minimum atomic E-state index is -3.90. The van der Waals surface area contributed by atoms with Gasteiger partial charge in [0.25, 0.3) is 5.91 Å². The summed E-state index contributed by atoms with van der Waals surface area (Å²) in [6, 6.07) is 12.4. The molecule has 0 aromatic heterocycles. The summed E-state index contributed by atoms with van der Waals surface area (Å²) in [6.07, 6.45) is 0. The molecule has 2 rings (SSSR count). The highest BCUT2D eigenvalue weighted by molar-refractivity contribution is 7.89. The van der Waals surface area contributed by atoms with Crippen molar-refractivity contribution >= 4 is 33.6 Å². The van der Waals surface area contributed by atoms with Gasteiger partial charge in [0.1, 0.15) is 6.04 Å². The van der Waals surface area contributed by atoms with E-state index in [4.69, 9.17) is 4.74 Å². The summed E-state index contributed by atoms with van der Waals surface area (Å²) in [5.41, 5.74) is 0.554. The van der Waals surface area contributed by atoms with Crippen molar-refractivity contribution in [1.82, 2.24) is 4.72 Å². The molecule has 1 amide bonds. The molecule has 0 fully saturated rings. The fourth-order valence-corrected chi connectivity index (χ4v) is 3.46. The van der Waals surface area contributed by atoms with Crippen LogP contribution in [0, 0.1) is 0 Å². The van der Waals surface area contributed by atoms with E-state index in [9.17, 15) is 22.8 Å². The maximum atomic E-state index is 12.2. The molecule has 0 aliphatic rings. The Balaban J connectivity index is 1.88. The Labute approximate surface area is 168 Å². The summed E-state index contributed by atoms with van der Waals surface area (Å²) >= 11 is 0. The van der Waals surface area contributed by atoms with Crippen LogP contribution in [0.2, 0.25) is 0 Å². The predicted octanol–water partition coefficient (Wildman–Crippen LogP) is 1.32. The molecule has 0 aliphatic carbocycles. The van der Waals surface area contributed by atoms with Gasteiger partial charge in [-0.3, -0.25) is 9.59 Å². The van der Waals surface area contributed by atoms with Crippen LogP contribution >= 0.6 is 0 Å². The summed E-state index contributed by atoms with van der Waals surface area (Å²) in [7, 11) is -2.67. The lowest BCUT2D eigenvalue weighted by molar-refractivity contribution is -0.148. The van der Waals surface area contributed by atoms with Crippen LogP contribution in [0.5, 0.6) is 0 Å². The van der Waals surface area contributed by atoms with Crippen molar-refractivity contribution in [2.45, 2.75) is 17.9 Å². The van der Waals surface area contributed by atoms with E-state index in [0.717, 1.165) is 0 Å². The van der Waals surface area contributed by atoms with Gasteiger partial charge in [0.2, 0.25) is 10.0 Å². The van der Waals surface area contributed by atoms with E-state index >= 15 is 0 Å². The normalized spacial score (nSPS) is 11.9. The molecule has 0 saturated carbocycles. The van der Waals surface area contributed by atoms with Crippen molar-refractivity contribution < 1.29 is 32.3 Å². The first-order valence-corrected chi connectivity index (χ1v) is 9.93. The minimum Gasteiger partial charge on any atom is -0.465 e.